The first kappa shape index (κ1) is 13.7. The smallest absolute Gasteiger partial charge is 0.313 e. The van der Waals surface area contributed by atoms with Gasteiger partial charge in [-0.15, -0.1) is 0 Å². The first-order valence-corrected chi connectivity index (χ1v) is 6.62. The number of allylic oxidation sites excluding steroid dienone is 1. The lowest BCUT2D eigenvalue weighted by Gasteiger charge is -2.15. The molecular weight excluding hydrogens is 240 g/mol. The van der Waals surface area contributed by atoms with Gasteiger partial charge in [-0.1, -0.05) is 11.6 Å². The Hall–Kier alpha value is -1.77. The second kappa shape index (κ2) is 5.47. The zero-order valence-electron chi connectivity index (χ0n) is 11.9. The summed E-state index contributed by atoms with van der Waals surface area (Å²) in [6.45, 7) is 6.24. The first-order valence-electron chi connectivity index (χ1n) is 6.62. The van der Waals surface area contributed by atoms with Crippen LogP contribution in [-0.2, 0) is 16.0 Å². The average Bonchev–Trinajstić information content (AvgIpc) is 2.72. The van der Waals surface area contributed by atoms with E-state index in [2.05, 4.69) is 13.0 Å². The zero-order chi connectivity index (χ0) is 14.0. The molecule has 3 heteroatoms. The largest absolute Gasteiger partial charge is 0.497 e. The van der Waals surface area contributed by atoms with Gasteiger partial charge >= 0.3 is 5.97 Å². The van der Waals surface area contributed by atoms with Crippen LogP contribution in [0.3, 0.4) is 0 Å². The van der Waals surface area contributed by atoms with E-state index in [-0.39, 0.29) is 11.9 Å². The molecule has 0 aliphatic heterocycles. The Morgan fingerprint density at radius 3 is 2.79 bits per heavy atom. The third-order valence-corrected chi connectivity index (χ3v) is 3.60. The molecule has 0 radical (unpaired) electrons. The molecule has 102 valence electrons. The van der Waals surface area contributed by atoms with Crippen LogP contribution in [0, 0.1) is 5.92 Å². The van der Waals surface area contributed by atoms with Gasteiger partial charge in [0.1, 0.15) is 5.75 Å². The summed E-state index contributed by atoms with van der Waals surface area (Å²) in [5.74, 6) is 0.433. The maximum Gasteiger partial charge on any atom is 0.313 e. The van der Waals surface area contributed by atoms with E-state index in [0.29, 0.717) is 6.61 Å². The number of hydrogen-bond acceptors (Lipinski definition) is 3. The van der Waals surface area contributed by atoms with Gasteiger partial charge in [-0.25, -0.2) is 0 Å². The quantitative estimate of drug-likeness (QED) is 0.780. The molecule has 0 amide bonds. The molecule has 0 N–H and O–H groups in total. The first-order chi connectivity index (χ1) is 9.08. The molecule has 0 fully saturated rings. The van der Waals surface area contributed by atoms with E-state index in [1.54, 1.807) is 7.11 Å². The highest BCUT2D eigenvalue weighted by molar-refractivity contribution is 5.92. The number of carbonyl (C=O) groups excluding carboxylic acids is 1. The van der Waals surface area contributed by atoms with Gasteiger partial charge in [0.15, 0.2) is 0 Å². The second-order valence-corrected chi connectivity index (χ2v) is 4.87. The van der Waals surface area contributed by atoms with Gasteiger partial charge in [-0.05, 0) is 56.0 Å². The fourth-order valence-electron chi connectivity index (χ4n) is 2.69. The maximum absolute atomic E-state index is 12.0. The fraction of sp³-hybridized carbons (Fsp3) is 0.438. The number of ether oxygens (including phenoxy) is 2. The highest BCUT2D eigenvalue weighted by Crippen LogP contribution is 2.39. The minimum atomic E-state index is -0.228. The summed E-state index contributed by atoms with van der Waals surface area (Å²) in [5, 5.41) is 0. The predicted molar refractivity (Wildman–Crippen MR) is 75.1 cm³/mol. The van der Waals surface area contributed by atoms with Gasteiger partial charge in [0.25, 0.3) is 0 Å². The third kappa shape index (κ3) is 2.50. The summed E-state index contributed by atoms with van der Waals surface area (Å²) in [5.41, 5.74) is 4.71. The molecule has 0 heterocycles. The zero-order valence-corrected chi connectivity index (χ0v) is 11.9. The number of hydrogen-bond donors (Lipinski definition) is 0. The molecule has 1 aliphatic rings. The molecule has 0 spiro atoms. The number of rotatable bonds is 4. The molecule has 0 saturated carbocycles. The van der Waals surface area contributed by atoms with E-state index in [0.717, 1.165) is 23.3 Å². The lowest BCUT2D eigenvalue weighted by atomic mass is 9.93. The Balaban J connectivity index is 2.37. The molecule has 1 aromatic carbocycles. The number of carbonyl (C=O) groups is 1. The van der Waals surface area contributed by atoms with Crippen molar-refractivity contribution in [2.75, 3.05) is 13.7 Å². The molecule has 2 rings (SSSR count). The van der Waals surface area contributed by atoms with E-state index in [9.17, 15) is 4.79 Å². The highest BCUT2D eigenvalue weighted by atomic mass is 16.5. The molecule has 1 aromatic rings. The predicted octanol–water partition coefficient (Wildman–Crippen LogP) is 3.22. The minimum absolute atomic E-state index is 0.160. The standard InChI is InChI=1S/C16H20O3/c1-5-19-16(17)11(3)15-10(2)8-12-6-7-13(18-4)9-14(12)15/h6-7,9,11H,5,8H2,1-4H3. The highest BCUT2D eigenvalue weighted by Gasteiger charge is 2.28. The summed E-state index contributed by atoms with van der Waals surface area (Å²) >= 11 is 0. The average molecular weight is 260 g/mol. The van der Waals surface area contributed by atoms with Crippen molar-refractivity contribution in [3.63, 3.8) is 0 Å². The van der Waals surface area contributed by atoms with Crippen molar-refractivity contribution >= 4 is 11.5 Å². The van der Waals surface area contributed by atoms with Gasteiger partial charge in [0.2, 0.25) is 0 Å². The van der Waals surface area contributed by atoms with Crippen LogP contribution < -0.4 is 4.74 Å². The summed E-state index contributed by atoms with van der Waals surface area (Å²) < 4.78 is 10.4. The van der Waals surface area contributed by atoms with E-state index in [1.165, 1.54) is 11.1 Å². The molecule has 0 aromatic heterocycles. The molecule has 1 atom stereocenters. The number of methoxy groups -OCH3 is 1. The number of benzene rings is 1. The molecule has 1 unspecified atom stereocenters. The maximum atomic E-state index is 12.0. The lowest BCUT2D eigenvalue weighted by Crippen LogP contribution is -2.16. The van der Waals surface area contributed by atoms with Crippen LogP contribution in [0.4, 0.5) is 0 Å². The van der Waals surface area contributed by atoms with Gasteiger partial charge < -0.3 is 9.47 Å². The van der Waals surface area contributed by atoms with Gasteiger partial charge in [0, 0.05) is 0 Å². The van der Waals surface area contributed by atoms with Crippen LogP contribution in [-0.4, -0.2) is 19.7 Å². The van der Waals surface area contributed by atoms with Crippen LogP contribution >= 0.6 is 0 Å². The van der Waals surface area contributed by atoms with Crippen LogP contribution in [0.15, 0.2) is 23.8 Å². The fourth-order valence-corrected chi connectivity index (χ4v) is 2.69. The van der Waals surface area contributed by atoms with Gasteiger partial charge in [-0.2, -0.15) is 0 Å². The molecule has 0 saturated heterocycles. The SMILES string of the molecule is CCOC(=O)C(C)C1=C(C)Cc2ccc(OC)cc21. The third-order valence-electron chi connectivity index (χ3n) is 3.60. The van der Waals surface area contributed by atoms with Crippen LogP contribution in [0.5, 0.6) is 5.75 Å². The molecule has 0 bridgehead atoms. The van der Waals surface area contributed by atoms with Gasteiger partial charge in [-0.3, -0.25) is 4.79 Å². The van der Waals surface area contributed by atoms with Crippen molar-refractivity contribution < 1.29 is 14.3 Å². The van der Waals surface area contributed by atoms with Crippen molar-refractivity contribution in [1.82, 2.24) is 0 Å². The Morgan fingerprint density at radius 2 is 2.16 bits per heavy atom. The molecule has 19 heavy (non-hydrogen) atoms. The van der Waals surface area contributed by atoms with Crippen LogP contribution in [0.1, 0.15) is 31.9 Å². The Labute approximate surface area is 114 Å². The van der Waals surface area contributed by atoms with Crippen molar-refractivity contribution in [2.24, 2.45) is 5.92 Å². The second-order valence-electron chi connectivity index (χ2n) is 4.87. The summed E-state index contributed by atoms with van der Waals surface area (Å²) in [6, 6.07) is 6.05. The monoisotopic (exact) mass is 260 g/mol. The Morgan fingerprint density at radius 1 is 1.42 bits per heavy atom. The number of esters is 1. The van der Waals surface area contributed by atoms with Crippen LogP contribution in [0.25, 0.3) is 5.57 Å². The lowest BCUT2D eigenvalue weighted by molar-refractivity contribution is -0.145. The van der Waals surface area contributed by atoms with E-state index < -0.39 is 0 Å². The van der Waals surface area contributed by atoms with Crippen molar-refractivity contribution in [3.05, 3.63) is 34.9 Å². The van der Waals surface area contributed by atoms with Crippen LogP contribution in [0.2, 0.25) is 0 Å². The number of fused-ring (bicyclic) bond motifs is 1. The van der Waals surface area contributed by atoms with Crippen molar-refractivity contribution in [1.29, 1.82) is 0 Å². The normalized spacial score (nSPS) is 15.2. The minimum Gasteiger partial charge on any atom is -0.497 e. The summed E-state index contributed by atoms with van der Waals surface area (Å²) in [6.07, 6.45) is 0.901. The molecular formula is C16H20O3. The topological polar surface area (TPSA) is 35.5 Å². The van der Waals surface area contributed by atoms with E-state index >= 15 is 0 Å². The van der Waals surface area contributed by atoms with Crippen molar-refractivity contribution in [3.8, 4) is 5.75 Å². The Bertz CT molecular complexity index is 529. The van der Waals surface area contributed by atoms with E-state index in [4.69, 9.17) is 9.47 Å². The van der Waals surface area contributed by atoms with Gasteiger partial charge in [0.05, 0.1) is 19.6 Å². The van der Waals surface area contributed by atoms with Crippen molar-refractivity contribution in [2.45, 2.75) is 27.2 Å². The van der Waals surface area contributed by atoms with E-state index in [1.807, 2.05) is 26.0 Å². The molecule has 1 aliphatic carbocycles. The summed E-state index contributed by atoms with van der Waals surface area (Å²) in [7, 11) is 1.65. The summed E-state index contributed by atoms with van der Waals surface area (Å²) in [4.78, 5) is 12.0. The Kier molecular flexibility index (Phi) is 3.93. The molecule has 3 nitrogen and oxygen atoms in total.